The number of thiophene rings is 1. The van der Waals surface area contributed by atoms with Crippen LogP contribution < -0.4 is 5.56 Å². The highest BCUT2D eigenvalue weighted by atomic mass is 32.1. The molecule has 0 aliphatic carbocycles. The molecule has 2 rings (SSSR count). The van der Waals surface area contributed by atoms with Crippen LogP contribution in [0.15, 0.2) is 16.5 Å². The third kappa shape index (κ3) is 2.72. The number of ether oxygens (including phenoxy) is 1. The average Bonchev–Trinajstić information content (AvgIpc) is 2.86. The van der Waals surface area contributed by atoms with Gasteiger partial charge in [-0.2, -0.15) is 0 Å². The van der Waals surface area contributed by atoms with Gasteiger partial charge in [-0.1, -0.05) is 0 Å². The lowest BCUT2D eigenvalue weighted by atomic mass is 10.2. The molecular formula is C12H14N2O5S. The van der Waals surface area contributed by atoms with Crippen molar-refractivity contribution in [1.82, 2.24) is 9.55 Å². The summed E-state index contributed by atoms with van der Waals surface area (Å²) < 4.78 is 6.06. The predicted octanol–water partition coefficient (Wildman–Crippen LogP) is -0.0121. The van der Waals surface area contributed by atoms with Crippen LogP contribution >= 0.6 is 11.3 Å². The quantitative estimate of drug-likeness (QED) is 0.753. The van der Waals surface area contributed by atoms with Crippen LogP contribution in [0.5, 0.6) is 0 Å². The number of rotatable bonds is 5. The van der Waals surface area contributed by atoms with E-state index in [1.807, 2.05) is 0 Å². The van der Waals surface area contributed by atoms with Gasteiger partial charge in [0, 0.05) is 5.38 Å². The molecule has 1 unspecified atom stereocenters. The van der Waals surface area contributed by atoms with Gasteiger partial charge < -0.3 is 14.9 Å². The first kappa shape index (κ1) is 14.6. The van der Waals surface area contributed by atoms with Gasteiger partial charge in [-0.05, 0) is 6.92 Å². The van der Waals surface area contributed by atoms with Crippen LogP contribution in [0.4, 0.5) is 0 Å². The Bertz CT molecular complexity index is 678. The van der Waals surface area contributed by atoms with Gasteiger partial charge in [-0.3, -0.25) is 9.36 Å². The highest BCUT2D eigenvalue weighted by Gasteiger charge is 2.18. The number of nitrogens with zero attached hydrogens (tertiary/aromatic N) is 2. The molecule has 0 spiro atoms. The van der Waals surface area contributed by atoms with Crippen LogP contribution in [0.25, 0.3) is 10.2 Å². The van der Waals surface area contributed by atoms with Gasteiger partial charge >= 0.3 is 5.97 Å². The first-order valence-corrected chi connectivity index (χ1v) is 6.89. The van der Waals surface area contributed by atoms with Crippen LogP contribution in [0, 0.1) is 0 Å². The van der Waals surface area contributed by atoms with Gasteiger partial charge in [0.2, 0.25) is 0 Å². The molecule has 20 heavy (non-hydrogen) atoms. The molecule has 2 aromatic rings. The van der Waals surface area contributed by atoms with Crippen molar-refractivity contribution in [1.29, 1.82) is 0 Å². The summed E-state index contributed by atoms with van der Waals surface area (Å²) in [5.41, 5.74) is -0.260. The second-order valence-electron chi connectivity index (χ2n) is 4.09. The van der Waals surface area contributed by atoms with E-state index < -0.39 is 24.2 Å². The van der Waals surface area contributed by atoms with Gasteiger partial charge in [-0.25, -0.2) is 9.78 Å². The summed E-state index contributed by atoms with van der Waals surface area (Å²) in [7, 11) is 0. The van der Waals surface area contributed by atoms with E-state index in [1.165, 1.54) is 27.6 Å². The summed E-state index contributed by atoms with van der Waals surface area (Å²) in [4.78, 5) is 28.6. The molecule has 2 N–H and O–H groups in total. The summed E-state index contributed by atoms with van der Waals surface area (Å²) in [6.45, 7) is 1.35. The first-order chi connectivity index (χ1) is 9.58. The minimum atomic E-state index is -1.06. The van der Waals surface area contributed by atoms with E-state index in [2.05, 4.69) is 4.98 Å². The Morgan fingerprint density at radius 1 is 1.60 bits per heavy atom. The van der Waals surface area contributed by atoms with Crippen molar-refractivity contribution in [3.63, 3.8) is 0 Å². The van der Waals surface area contributed by atoms with Crippen molar-refractivity contribution in [2.75, 3.05) is 13.2 Å². The van der Waals surface area contributed by atoms with Crippen LogP contribution in [-0.4, -0.2) is 45.1 Å². The molecular weight excluding hydrogens is 284 g/mol. The van der Waals surface area contributed by atoms with E-state index in [0.717, 1.165) is 0 Å². The molecule has 0 bridgehead atoms. The van der Waals surface area contributed by atoms with Gasteiger partial charge in [-0.15, -0.1) is 11.3 Å². The Kier molecular flexibility index (Phi) is 4.48. The minimum Gasteiger partial charge on any atom is -0.462 e. The molecule has 0 saturated carbocycles. The summed E-state index contributed by atoms with van der Waals surface area (Å²) >= 11 is 1.18. The molecule has 1 atom stereocenters. The number of hydrogen-bond acceptors (Lipinski definition) is 7. The van der Waals surface area contributed by atoms with E-state index >= 15 is 0 Å². The Morgan fingerprint density at radius 2 is 2.35 bits per heavy atom. The Balaban J connectivity index is 2.50. The van der Waals surface area contributed by atoms with Crippen molar-refractivity contribution < 1.29 is 19.7 Å². The Morgan fingerprint density at radius 3 is 3.00 bits per heavy atom. The fourth-order valence-corrected chi connectivity index (χ4v) is 2.61. The maximum absolute atomic E-state index is 12.3. The molecule has 0 amide bonds. The molecule has 0 aliphatic heterocycles. The Labute approximate surface area is 118 Å². The van der Waals surface area contributed by atoms with Crippen molar-refractivity contribution >= 4 is 27.5 Å². The van der Waals surface area contributed by atoms with Crippen LogP contribution in [0.1, 0.15) is 17.3 Å². The monoisotopic (exact) mass is 298 g/mol. The number of aromatic nitrogens is 2. The summed E-state index contributed by atoms with van der Waals surface area (Å²) in [5, 5.41) is 19.9. The molecule has 2 aromatic heterocycles. The van der Waals surface area contributed by atoms with Crippen molar-refractivity contribution in [3.8, 4) is 0 Å². The second-order valence-corrected chi connectivity index (χ2v) is 4.95. The number of aliphatic hydroxyl groups excluding tert-OH is 2. The molecule has 0 radical (unpaired) electrons. The lowest BCUT2D eigenvalue weighted by molar-refractivity contribution is 0.0529. The average molecular weight is 298 g/mol. The van der Waals surface area contributed by atoms with E-state index in [9.17, 15) is 14.7 Å². The molecule has 108 valence electrons. The van der Waals surface area contributed by atoms with Gasteiger partial charge in [0.05, 0.1) is 43.1 Å². The van der Waals surface area contributed by atoms with Crippen molar-refractivity contribution in [2.45, 2.75) is 19.6 Å². The fourth-order valence-electron chi connectivity index (χ4n) is 1.74. The van der Waals surface area contributed by atoms with E-state index in [0.29, 0.717) is 4.83 Å². The molecule has 0 aromatic carbocycles. The molecule has 0 aliphatic rings. The predicted molar refractivity (Wildman–Crippen MR) is 72.9 cm³/mol. The topological polar surface area (TPSA) is 102 Å². The zero-order chi connectivity index (χ0) is 14.7. The van der Waals surface area contributed by atoms with Crippen LogP contribution in [0.2, 0.25) is 0 Å². The highest BCUT2D eigenvalue weighted by Crippen LogP contribution is 2.21. The van der Waals surface area contributed by atoms with Crippen molar-refractivity contribution in [3.05, 3.63) is 27.6 Å². The molecule has 0 fully saturated rings. The zero-order valence-electron chi connectivity index (χ0n) is 10.8. The number of hydrogen-bond donors (Lipinski definition) is 2. The molecule has 2 heterocycles. The zero-order valence-corrected chi connectivity index (χ0v) is 11.6. The van der Waals surface area contributed by atoms with Gasteiger partial charge in [0.1, 0.15) is 4.83 Å². The highest BCUT2D eigenvalue weighted by molar-refractivity contribution is 7.17. The summed E-state index contributed by atoms with van der Waals surface area (Å²) in [6, 6.07) is 0. The number of fused-ring (bicyclic) bond motifs is 1. The molecule has 7 nitrogen and oxygen atoms in total. The van der Waals surface area contributed by atoms with E-state index in [-0.39, 0.29) is 24.1 Å². The summed E-state index contributed by atoms with van der Waals surface area (Å²) in [6.07, 6.45) is 0.228. The third-order valence-electron chi connectivity index (χ3n) is 2.67. The van der Waals surface area contributed by atoms with Gasteiger partial charge in [0.25, 0.3) is 5.56 Å². The maximum Gasteiger partial charge on any atom is 0.339 e. The SMILES string of the molecule is CCOC(=O)c1csc2ncn(CC(O)CO)c(=O)c12. The smallest absolute Gasteiger partial charge is 0.339 e. The van der Waals surface area contributed by atoms with Crippen LogP contribution in [-0.2, 0) is 11.3 Å². The number of carbonyl (C=O) groups is 1. The normalized spacial score (nSPS) is 12.6. The van der Waals surface area contributed by atoms with E-state index in [4.69, 9.17) is 9.84 Å². The minimum absolute atomic E-state index is 0.0869. The third-order valence-corrected chi connectivity index (χ3v) is 3.56. The molecule has 0 saturated heterocycles. The number of aliphatic hydroxyl groups is 2. The summed E-state index contributed by atoms with van der Waals surface area (Å²) in [5.74, 6) is -0.571. The number of esters is 1. The number of carbonyl (C=O) groups excluding carboxylic acids is 1. The fraction of sp³-hybridized carbons (Fsp3) is 0.417. The van der Waals surface area contributed by atoms with E-state index in [1.54, 1.807) is 6.92 Å². The first-order valence-electron chi connectivity index (χ1n) is 6.01. The molecule has 8 heteroatoms. The van der Waals surface area contributed by atoms with Crippen molar-refractivity contribution in [2.24, 2.45) is 0 Å². The largest absolute Gasteiger partial charge is 0.462 e. The Hall–Kier alpha value is -1.77. The lowest BCUT2D eigenvalue weighted by Crippen LogP contribution is -2.29. The standard InChI is InChI=1S/C12H14N2O5S/c1-2-19-12(18)8-5-20-10-9(8)11(17)14(6-13-10)3-7(16)4-15/h5-7,15-16H,2-4H2,1H3. The van der Waals surface area contributed by atoms with Crippen LogP contribution in [0.3, 0.4) is 0 Å². The van der Waals surface area contributed by atoms with Gasteiger partial charge in [0.15, 0.2) is 0 Å². The lowest BCUT2D eigenvalue weighted by Gasteiger charge is -2.09. The maximum atomic E-state index is 12.3. The second kappa shape index (κ2) is 6.12.